The smallest absolute Gasteiger partial charge is 0.217 e. The molecular weight excluding hydrogens is 452 g/mol. The molecule has 2 bridgehead atoms. The second kappa shape index (κ2) is 4.13. The van der Waals surface area contributed by atoms with Crippen LogP contribution in [0.25, 0.3) is 0 Å². The van der Waals surface area contributed by atoms with Gasteiger partial charge in [-0.2, -0.15) is 0 Å². The zero-order valence-electron chi connectivity index (χ0n) is 9.33. The zero-order chi connectivity index (χ0) is 16.4. The van der Waals surface area contributed by atoms with Crippen LogP contribution in [0.3, 0.4) is 0 Å². The van der Waals surface area contributed by atoms with E-state index >= 15 is 0 Å². The Morgan fingerprint density at radius 2 is 1.05 bits per heavy atom. The quantitative estimate of drug-likeness (QED) is 0.435. The monoisotopic (exact) mass is 450 g/mol. The van der Waals surface area contributed by atoms with E-state index in [-0.39, 0.29) is 0 Å². The first-order chi connectivity index (χ1) is 9.29. The SMILES string of the molecule is O=C1C(Cl)=C(Cl)[C@@]2(Cl)[C@]1(Cl)[C@@]1(Cl)C(Cl)=C(Cl)[C@@]2(Cl)C1(O)O. The van der Waals surface area contributed by atoms with Crippen LogP contribution in [0.15, 0.2) is 20.1 Å². The maximum Gasteiger partial charge on any atom is 0.217 e. The van der Waals surface area contributed by atoms with Crippen molar-refractivity contribution in [2.24, 2.45) is 0 Å². The average Bonchev–Trinajstić information content (AvgIpc) is 2.67. The molecule has 3 aliphatic carbocycles. The third kappa shape index (κ3) is 1.18. The first kappa shape index (κ1) is 17.2. The fraction of sp³-hybridized carbons (Fsp3) is 0.500. The fourth-order valence-electron chi connectivity index (χ4n) is 3.12. The highest BCUT2D eigenvalue weighted by molar-refractivity contribution is 6.70. The van der Waals surface area contributed by atoms with Crippen LogP contribution in [0.5, 0.6) is 0 Å². The molecule has 0 aromatic heterocycles. The summed E-state index contributed by atoms with van der Waals surface area (Å²) in [4.78, 5) is 2.70. The van der Waals surface area contributed by atoms with Crippen molar-refractivity contribution in [2.75, 3.05) is 0 Å². The molecule has 0 aromatic rings. The number of rotatable bonds is 0. The lowest BCUT2D eigenvalue weighted by atomic mass is 9.82. The van der Waals surface area contributed by atoms with Crippen molar-refractivity contribution in [1.82, 2.24) is 0 Å². The molecule has 116 valence electrons. The molecule has 0 amide bonds. The molecule has 1 saturated carbocycles. The number of carbonyl (C=O) groups excluding carboxylic acids is 1. The van der Waals surface area contributed by atoms with Crippen molar-refractivity contribution < 1.29 is 15.0 Å². The van der Waals surface area contributed by atoms with Crippen molar-refractivity contribution in [3.8, 4) is 0 Å². The topological polar surface area (TPSA) is 57.5 Å². The summed E-state index contributed by atoms with van der Waals surface area (Å²) in [5, 5.41) is 18.9. The Morgan fingerprint density at radius 1 is 0.667 bits per heavy atom. The van der Waals surface area contributed by atoms with Gasteiger partial charge < -0.3 is 10.2 Å². The molecular formula is C10H2Cl8O3. The number of alkyl halides is 4. The van der Waals surface area contributed by atoms with Gasteiger partial charge in [0, 0.05) is 0 Å². The Hall–Kier alpha value is 1.39. The van der Waals surface area contributed by atoms with Gasteiger partial charge in [0.1, 0.15) is 9.91 Å². The number of hydrogen-bond acceptors (Lipinski definition) is 3. The summed E-state index contributed by atoms with van der Waals surface area (Å²) in [6.07, 6.45) is 0. The summed E-state index contributed by atoms with van der Waals surface area (Å²) in [6, 6.07) is 0. The minimum Gasteiger partial charge on any atom is -0.362 e. The maximum absolute atomic E-state index is 12.4. The van der Waals surface area contributed by atoms with Gasteiger partial charge in [0.15, 0.2) is 14.6 Å². The highest BCUT2D eigenvalue weighted by Crippen LogP contribution is 2.82. The van der Waals surface area contributed by atoms with E-state index in [0.717, 1.165) is 0 Å². The van der Waals surface area contributed by atoms with Crippen LogP contribution >= 0.6 is 92.8 Å². The van der Waals surface area contributed by atoms with E-state index in [2.05, 4.69) is 0 Å². The van der Waals surface area contributed by atoms with Crippen molar-refractivity contribution in [3.63, 3.8) is 0 Å². The Balaban J connectivity index is 2.55. The summed E-state index contributed by atoms with van der Waals surface area (Å²) in [5.41, 5.74) is 0. The molecule has 21 heavy (non-hydrogen) atoms. The standard InChI is InChI=1S/C10H2Cl8O3/c11-1-2(12)6(15)7(16)3(13)4(14)8(17,10(7,20)21)9(6,18)5(1)19/h20-21H/t6-,7-,8-,9-/m0/s1. The van der Waals surface area contributed by atoms with E-state index < -0.39 is 51.2 Å². The van der Waals surface area contributed by atoms with Crippen molar-refractivity contribution in [3.05, 3.63) is 20.1 Å². The number of carbonyl (C=O) groups is 1. The Morgan fingerprint density at radius 3 is 1.48 bits per heavy atom. The van der Waals surface area contributed by atoms with Crippen LogP contribution in [0.2, 0.25) is 0 Å². The van der Waals surface area contributed by atoms with E-state index in [1.165, 1.54) is 0 Å². The summed E-state index contributed by atoms with van der Waals surface area (Å²) in [6.45, 7) is 0. The minimum absolute atomic E-state index is 0.477. The summed E-state index contributed by atoms with van der Waals surface area (Å²) >= 11 is 49.0. The van der Waals surface area contributed by atoms with Crippen LogP contribution in [0.4, 0.5) is 0 Å². The van der Waals surface area contributed by atoms with Crippen LogP contribution in [-0.4, -0.2) is 41.3 Å². The normalized spacial score (nSPS) is 51.2. The molecule has 4 atom stereocenters. The molecule has 0 radical (unpaired) electrons. The van der Waals surface area contributed by atoms with E-state index in [1.807, 2.05) is 0 Å². The van der Waals surface area contributed by atoms with E-state index in [4.69, 9.17) is 92.8 Å². The van der Waals surface area contributed by atoms with Gasteiger partial charge in [-0.1, -0.05) is 46.4 Å². The van der Waals surface area contributed by atoms with Gasteiger partial charge in [0.25, 0.3) is 0 Å². The minimum atomic E-state index is -3.06. The Labute approximate surface area is 158 Å². The Kier molecular flexibility index (Phi) is 3.39. The number of hydrogen-bond donors (Lipinski definition) is 2. The lowest BCUT2D eigenvalue weighted by Gasteiger charge is -2.43. The van der Waals surface area contributed by atoms with E-state index in [9.17, 15) is 15.0 Å². The fourth-order valence-corrected chi connectivity index (χ4v) is 7.18. The molecule has 2 N–H and O–H groups in total. The summed E-state index contributed by atoms with van der Waals surface area (Å²) in [5.74, 6) is -4.09. The first-order valence-electron chi connectivity index (χ1n) is 5.16. The molecule has 3 aliphatic rings. The highest BCUT2D eigenvalue weighted by atomic mass is 35.5. The van der Waals surface area contributed by atoms with Gasteiger partial charge in [-0.25, -0.2) is 0 Å². The van der Waals surface area contributed by atoms with Gasteiger partial charge in [-0.15, -0.1) is 46.4 Å². The molecule has 0 heterocycles. The van der Waals surface area contributed by atoms with E-state index in [1.54, 1.807) is 0 Å². The second-order valence-electron chi connectivity index (χ2n) is 4.89. The lowest BCUT2D eigenvalue weighted by molar-refractivity contribution is -0.175. The first-order valence-corrected chi connectivity index (χ1v) is 8.19. The Bertz CT molecular complexity index is 686. The molecule has 11 heteroatoms. The third-order valence-electron chi connectivity index (χ3n) is 4.19. The molecule has 0 spiro atoms. The van der Waals surface area contributed by atoms with Gasteiger partial charge in [0.2, 0.25) is 11.6 Å². The van der Waals surface area contributed by atoms with Gasteiger partial charge >= 0.3 is 0 Å². The summed E-state index contributed by atoms with van der Waals surface area (Å²) in [7, 11) is 0. The van der Waals surface area contributed by atoms with Gasteiger partial charge in [-0.3, -0.25) is 4.79 Å². The number of ketones is 1. The average molecular weight is 454 g/mol. The predicted octanol–water partition coefficient (Wildman–Crippen LogP) is 3.57. The van der Waals surface area contributed by atoms with Crippen LogP contribution in [0, 0.1) is 0 Å². The number of allylic oxidation sites excluding steroid dienone is 2. The molecule has 3 rings (SSSR count). The second-order valence-corrected chi connectivity index (χ2v) is 8.67. The van der Waals surface area contributed by atoms with Crippen molar-refractivity contribution in [2.45, 2.75) is 25.3 Å². The van der Waals surface area contributed by atoms with Crippen LogP contribution in [0.1, 0.15) is 0 Å². The predicted molar refractivity (Wildman–Crippen MR) is 84.0 cm³/mol. The van der Waals surface area contributed by atoms with Gasteiger partial charge in [-0.05, 0) is 0 Å². The van der Waals surface area contributed by atoms with E-state index in [0.29, 0.717) is 0 Å². The maximum atomic E-state index is 12.4. The number of fused-ring (bicyclic) bond motifs is 5. The largest absolute Gasteiger partial charge is 0.362 e. The van der Waals surface area contributed by atoms with Crippen LogP contribution in [-0.2, 0) is 4.79 Å². The number of aliphatic hydroxyl groups is 2. The highest BCUT2D eigenvalue weighted by Gasteiger charge is 2.98. The molecule has 0 aromatic carbocycles. The van der Waals surface area contributed by atoms with Crippen molar-refractivity contribution in [1.29, 1.82) is 0 Å². The molecule has 1 fully saturated rings. The molecule has 0 unspecified atom stereocenters. The zero-order valence-corrected chi connectivity index (χ0v) is 15.4. The molecule has 3 nitrogen and oxygen atoms in total. The molecule has 0 aliphatic heterocycles. The van der Waals surface area contributed by atoms with Gasteiger partial charge in [0.05, 0.1) is 15.1 Å². The summed E-state index contributed by atoms with van der Waals surface area (Å²) < 4.78 is 0. The molecule has 0 saturated heterocycles. The lowest BCUT2D eigenvalue weighted by Crippen LogP contribution is -2.61. The van der Waals surface area contributed by atoms with Crippen LogP contribution < -0.4 is 0 Å². The number of Topliss-reactive ketones (excluding diaryl/α,β-unsaturated/α-hetero) is 1. The third-order valence-corrected chi connectivity index (χ3v) is 9.71. The van der Waals surface area contributed by atoms with Crippen molar-refractivity contribution >= 4 is 98.6 Å². The number of halogens is 8.